The van der Waals surface area contributed by atoms with E-state index in [0.717, 1.165) is 12.1 Å². The predicted octanol–water partition coefficient (Wildman–Crippen LogP) is 4.61. The van der Waals surface area contributed by atoms with Crippen LogP contribution in [-0.4, -0.2) is 39.8 Å². The molecule has 1 aliphatic rings. The zero-order chi connectivity index (χ0) is 23.9. The molecule has 34 heavy (non-hydrogen) atoms. The number of halogens is 1. The van der Waals surface area contributed by atoms with E-state index in [0.29, 0.717) is 36.6 Å². The number of aromatic nitrogens is 2. The van der Waals surface area contributed by atoms with Gasteiger partial charge in [-0.1, -0.05) is 12.1 Å². The lowest BCUT2D eigenvalue weighted by atomic mass is 9.97. The number of carbonyl (C=O) groups is 2. The van der Waals surface area contributed by atoms with Crippen LogP contribution in [0.4, 0.5) is 10.2 Å². The molecule has 1 aromatic carbocycles. The van der Waals surface area contributed by atoms with Gasteiger partial charge in [0.05, 0.1) is 12.1 Å². The third kappa shape index (κ3) is 6.04. The van der Waals surface area contributed by atoms with Gasteiger partial charge in [0.15, 0.2) is 11.6 Å². The van der Waals surface area contributed by atoms with Gasteiger partial charge < -0.3 is 15.0 Å². The van der Waals surface area contributed by atoms with E-state index >= 15 is 0 Å². The summed E-state index contributed by atoms with van der Waals surface area (Å²) in [5.41, 5.74) is 1.35. The van der Waals surface area contributed by atoms with Gasteiger partial charge in [-0.2, -0.15) is 0 Å². The molecule has 0 bridgehead atoms. The van der Waals surface area contributed by atoms with Gasteiger partial charge in [0.1, 0.15) is 11.6 Å². The Morgan fingerprint density at radius 3 is 2.85 bits per heavy atom. The van der Waals surface area contributed by atoms with Crippen LogP contribution in [0, 0.1) is 18.7 Å². The lowest BCUT2D eigenvalue weighted by Gasteiger charge is -2.31. The maximum absolute atomic E-state index is 14.4. The SMILES string of the molecule is Cc1cccc(NC(=O)C2CCCN(C(=O)/C=C/c3ccc(Oc4cccnc4)c(F)c3)C2)n1. The molecule has 0 aliphatic carbocycles. The Morgan fingerprint density at radius 1 is 1.21 bits per heavy atom. The molecule has 3 heterocycles. The Kier molecular flexibility index (Phi) is 7.27. The van der Waals surface area contributed by atoms with Crippen molar-refractivity contribution in [1.82, 2.24) is 14.9 Å². The highest BCUT2D eigenvalue weighted by molar-refractivity contribution is 5.94. The van der Waals surface area contributed by atoms with Crippen LogP contribution in [-0.2, 0) is 9.59 Å². The predicted molar refractivity (Wildman–Crippen MR) is 127 cm³/mol. The molecule has 1 aliphatic heterocycles. The lowest BCUT2D eigenvalue weighted by molar-refractivity contribution is -0.130. The second-order valence-electron chi connectivity index (χ2n) is 8.09. The fourth-order valence-electron chi connectivity index (χ4n) is 3.74. The van der Waals surface area contributed by atoms with Crippen molar-refractivity contribution in [3.8, 4) is 11.5 Å². The standard InChI is InChI=1S/C26H25FN4O3/c1-18-5-2-8-24(29-18)30-26(33)20-6-4-14-31(17-20)25(32)12-10-19-9-11-23(22(27)15-19)34-21-7-3-13-28-16-21/h2-3,5,7-13,15-16,20H,4,6,14,17H2,1H3,(H,29,30,33)/b12-10+. The number of rotatable bonds is 6. The van der Waals surface area contributed by atoms with Crippen molar-refractivity contribution in [2.24, 2.45) is 5.92 Å². The van der Waals surface area contributed by atoms with Crippen molar-refractivity contribution >= 4 is 23.7 Å². The van der Waals surface area contributed by atoms with Gasteiger partial charge in [0.2, 0.25) is 11.8 Å². The van der Waals surface area contributed by atoms with E-state index < -0.39 is 5.82 Å². The topological polar surface area (TPSA) is 84.4 Å². The number of nitrogens with one attached hydrogen (secondary N) is 1. The van der Waals surface area contributed by atoms with Crippen molar-refractivity contribution in [3.63, 3.8) is 0 Å². The van der Waals surface area contributed by atoms with Crippen molar-refractivity contribution in [3.05, 3.63) is 84.1 Å². The van der Waals surface area contributed by atoms with Crippen LogP contribution in [0.5, 0.6) is 11.5 Å². The van der Waals surface area contributed by atoms with Crippen LogP contribution in [0.1, 0.15) is 24.1 Å². The fourth-order valence-corrected chi connectivity index (χ4v) is 3.74. The maximum atomic E-state index is 14.4. The number of ether oxygens (including phenoxy) is 1. The molecule has 0 spiro atoms. The third-order valence-electron chi connectivity index (χ3n) is 5.48. The molecule has 0 radical (unpaired) electrons. The van der Waals surface area contributed by atoms with Gasteiger partial charge in [-0.05, 0) is 67.8 Å². The number of pyridine rings is 2. The Hall–Kier alpha value is -4.07. The minimum Gasteiger partial charge on any atom is -0.453 e. The van der Waals surface area contributed by atoms with Crippen LogP contribution < -0.4 is 10.1 Å². The first kappa shape index (κ1) is 23.1. The highest BCUT2D eigenvalue weighted by Crippen LogP contribution is 2.25. The number of hydrogen-bond donors (Lipinski definition) is 1. The summed E-state index contributed by atoms with van der Waals surface area (Å²) >= 11 is 0. The summed E-state index contributed by atoms with van der Waals surface area (Å²) < 4.78 is 19.9. The zero-order valence-electron chi connectivity index (χ0n) is 18.8. The molecule has 7 nitrogen and oxygen atoms in total. The number of piperidine rings is 1. The molecule has 1 N–H and O–H groups in total. The normalized spacial score (nSPS) is 15.8. The largest absolute Gasteiger partial charge is 0.453 e. The minimum absolute atomic E-state index is 0.0736. The summed E-state index contributed by atoms with van der Waals surface area (Å²) in [6.45, 7) is 2.76. The molecular weight excluding hydrogens is 435 g/mol. The van der Waals surface area contributed by atoms with E-state index in [2.05, 4.69) is 15.3 Å². The van der Waals surface area contributed by atoms with Crippen molar-refractivity contribution in [2.45, 2.75) is 19.8 Å². The van der Waals surface area contributed by atoms with Gasteiger partial charge in [0, 0.05) is 31.1 Å². The second kappa shape index (κ2) is 10.7. The van der Waals surface area contributed by atoms with E-state index in [9.17, 15) is 14.0 Å². The summed E-state index contributed by atoms with van der Waals surface area (Å²) in [5, 5.41) is 2.84. The number of aryl methyl sites for hydroxylation is 1. The first-order valence-electron chi connectivity index (χ1n) is 11.1. The summed E-state index contributed by atoms with van der Waals surface area (Å²) in [5.74, 6) is -0.210. The summed E-state index contributed by atoms with van der Waals surface area (Å²) in [6.07, 6.45) is 7.49. The van der Waals surface area contributed by atoms with E-state index in [1.807, 2.05) is 19.1 Å². The second-order valence-corrected chi connectivity index (χ2v) is 8.09. The average molecular weight is 461 g/mol. The van der Waals surface area contributed by atoms with Crippen molar-refractivity contribution in [2.75, 3.05) is 18.4 Å². The van der Waals surface area contributed by atoms with Gasteiger partial charge in [0.25, 0.3) is 0 Å². The number of carbonyl (C=O) groups excluding carboxylic acids is 2. The highest BCUT2D eigenvalue weighted by atomic mass is 19.1. The molecule has 1 saturated heterocycles. The zero-order valence-corrected chi connectivity index (χ0v) is 18.8. The van der Waals surface area contributed by atoms with Crippen LogP contribution in [0.25, 0.3) is 6.08 Å². The molecule has 8 heteroatoms. The number of amides is 2. The highest BCUT2D eigenvalue weighted by Gasteiger charge is 2.27. The lowest BCUT2D eigenvalue weighted by Crippen LogP contribution is -2.43. The van der Waals surface area contributed by atoms with E-state index in [1.165, 1.54) is 24.4 Å². The fraction of sp³-hybridized carbons (Fsp3) is 0.231. The van der Waals surface area contributed by atoms with E-state index in [-0.39, 0.29) is 23.5 Å². The molecule has 2 aromatic heterocycles. The summed E-state index contributed by atoms with van der Waals surface area (Å²) in [4.78, 5) is 35.2. The third-order valence-corrected chi connectivity index (χ3v) is 5.48. The number of benzene rings is 1. The Bertz CT molecular complexity index is 1200. The van der Waals surface area contributed by atoms with Crippen LogP contribution in [0.2, 0.25) is 0 Å². The number of likely N-dealkylation sites (tertiary alicyclic amines) is 1. The molecule has 1 unspecified atom stereocenters. The van der Waals surface area contributed by atoms with Crippen molar-refractivity contribution < 1.29 is 18.7 Å². The number of anilines is 1. The van der Waals surface area contributed by atoms with Crippen LogP contribution in [0.3, 0.4) is 0 Å². The van der Waals surface area contributed by atoms with Gasteiger partial charge in [-0.3, -0.25) is 14.6 Å². The van der Waals surface area contributed by atoms with Gasteiger partial charge in [-0.25, -0.2) is 9.37 Å². The minimum atomic E-state index is -0.544. The van der Waals surface area contributed by atoms with Gasteiger partial charge in [-0.15, -0.1) is 0 Å². The van der Waals surface area contributed by atoms with E-state index in [4.69, 9.17) is 4.74 Å². The first-order valence-corrected chi connectivity index (χ1v) is 11.1. The Morgan fingerprint density at radius 2 is 2.09 bits per heavy atom. The molecule has 174 valence electrons. The quantitative estimate of drug-likeness (QED) is 0.543. The van der Waals surface area contributed by atoms with Crippen LogP contribution >= 0.6 is 0 Å². The summed E-state index contributed by atoms with van der Waals surface area (Å²) in [7, 11) is 0. The first-order chi connectivity index (χ1) is 16.5. The Balaban J connectivity index is 1.35. The molecular formula is C26H25FN4O3. The molecule has 2 amide bonds. The maximum Gasteiger partial charge on any atom is 0.246 e. The smallest absolute Gasteiger partial charge is 0.246 e. The summed E-state index contributed by atoms with van der Waals surface area (Å²) in [6, 6.07) is 13.3. The molecule has 0 saturated carbocycles. The van der Waals surface area contributed by atoms with Crippen molar-refractivity contribution in [1.29, 1.82) is 0 Å². The van der Waals surface area contributed by atoms with Crippen LogP contribution in [0.15, 0.2) is 67.0 Å². The molecule has 4 rings (SSSR count). The molecule has 1 atom stereocenters. The average Bonchev–Trinajstić information content (AvgIpc) is 2.85. The Labute approximate surface area is 197 Å². The monoisotopic (exact) mass is 460 g/mol. The number of hydrogen-bond acceptors (Lipinski definition) is 5. The number of nitrogens with zero attached hydrogens (tertiary/aromatic N) is 3. The molecule has 3 aromatic rings. The van der Waals surface area contributed by atoms with Gasteiger partial charge >= 0.3 is 0 Å². The molecule has 1 fully saturated rings. The van der Waals surface area contributed by atoms with E-state index in [1.54, 1.807) is 41.4 Å².